The van der Waals surface area contributed by atoms with Gasteiger partial charge in [-0.05, 0) is 49.2 Å². The van der Waals surface area contributed by atoms with Crippen molar-refractivity contribution in [1.82, 2.24) is 0 Å². The second-order valence-electron chi connectivity index (χ2n) is 6.75. The van der Waals surface area contributed by atoms with Crippen molar-refractivity contribution in [2.45, 2.75) is 46.0 Å². The maximum absolute atomic E-state index is 12.5. The maximum atomic E-state index is 12.5. The van der Waals surface area contributed by atoms with Gasteiger partial charge < -0.3 is 20.1 Å². The molecule has 156 valence electrons. The van der Waals surface area contributed by atoms with Crippen LogP contribution in [0.15, 0.2) is 42.5 Å². The van der Waals surface area contributed by atoms with Crippen LogP contribution in [0.2, 0.25) is 0 Å². The third-order valence-electron chi connectivity index (χ3n) is 4.37. The molecule has 0 aliphatic heterocycles. The predicted molar refractivity (Wildman–Crippen MR) is 116 cm³/mol. The van der Waals surface area contributed by atoms with Gasteiger partial charge in [0.05, 0.1) is 19.4 Å². The molecule has 2 rings (SSSR count). The normalized spacial score (nSPS) is 10.3. The summed E-state index contributed by atoms with van der Waals surface area (Å²) in [5.41, 5.74) is 1.70. The standard InChI is InChI=1S/C23H30N2O4/c1-4-6-8-22(26)25-20-14-11-18(16-21(20)28-3)24-23(27)17-9-12-19(13-10-17)29-15-7-5-2/h9-14,16H,4-8,15H2,1-3H3,(H,24,27)(H,25,26). The molecule has 0 fully saturated rings. The molecule has 2 amide bonds. The van der Waals surface area contributed by atoms with E-state index in [4.69, 9.17) is 9.47 Å². The monoisotopic (exact) mass is 398 g/mol. The molecule has 0 saturated carbocycles. The summed E-state index contributed by atoms with van der Waals surface area (Å²) < 4.78 is 11.0. The first-order valence-electron chi connectivity index (χ1n) is 10.1. The minimum atomic E-state index is -0.230. The lowest BCUT2D eigenvalue weighted by Gasteiger charge is -2.13. The van der Waals surface area contributed by atoms with Gasteiger partial charge in [0.1, 0.15) is 11.5 Å². The SMILES string of the molecule is CCCCOc1ccc(C(=O)Nc2ccc(NC(=O)CCCC)c(OC)c2)cc1. The molecule has 0 saturated heterocycles. The van der Waals surface area contributed by atoms with Crippen LogP contribution < -0.4 is 20.1 Å². The minimum Gasteiger partial charge on any atom is -0.494 e. The molecule has 0 unspecified atom stereocenters. The molecule has 2 aromatic rings. The Bertz CT molecular complexity index is 803. The highest BCUT2D eigenvalue weighted by Crippen LogP contribution is 2.28. The van der Waals surface area contributed by atoms with E-state index in [0.717, 1.165) is 31.4 Å². The van der Waals surface area contributed by atoms with Gasteiger partial charge in [0.2, 0.25) is 5.91 Å². The van der Waals surface area contributed by atoms with Gasteiger partial charge in [-0.3, -0.25) is 9.59 Å². The highest BCUT2D eigenvalue weighted by atomic mass is 16.5. The molecule has 0 aliphatic rings. The van der Waals surface area contributed by atoms with Crippen molar-refractivity contribution in [3.63, 3.8) is 0 Å². The Hall–Kier alpha value is -3.02. The first kappa shape index (κ1) is 22.3. The van der Waals surface area contributed by atoms with E-state index in [1.807, 2.05) is 6.92 Å². The Labute approximate surface area is 172 Å². The van der Waals surface area contributed by atoms with Crippen molar-refractivity contribution in [1.29, 1.82) is 0 Å². The van der Waals surface area contributed by atoms with Crippen LogP contribution in [0.1, 0.15) is 56.3 Å². The van der Waals surface area contributed by atoms with Crippen LogP contribution in [0.3, 0.4) is 0 Å². The fourth-order valence-corrected chi connectivity index (χ4v) is 2.66. The summed E-state index contributed by atoms with van der Waals surface area (Å²) in [5.74, 6) is 0.960. The maximum Gasteiger partial charge on any atom is 0.255 e. The van der Waals surface area contributed by atoms with Crippen LogP contribution >= 0.6 is 0 Å². The Kier molecular flexibility index (Phi) is 9.02. The topological polar surface area (TPSA) is 76.7 Å². The summed E-state index contributed by atoms with van der Waals surface area (Å²) in [4.78, 5) is 24.5. The average molecular weight is 399 g/mol. The molecule has 6 heteroatoms. The molecular weight excluding hydrogens is 368 g/mol. The second-order valence-corrected chi connectivity index (χ2v) is 6.75. The van der Waals surface area contributed by atoms with Crippen LogP contribution in [-0.4, -0.2) is 25.5 Å². The predicted octanol–water partition coefficient (Wildman–Crippen LogP) is 5.26. The van der Waals surface area contributed by atoms with E-state index in [2.05, 4.69) is 17.6 Å². The quantitative estimate of drug-likeness (QED) is 0.507. The van der Waals surface area contributed by atoms with Crippen molar-refractivity contribution in [2.24, 2.45) is 0 Å². The third-order valence-corrected chi connectivity index (χ3v) is 4.37. The summed E-state index contributed by atoms with van der Waals surface area (Å²) in [6.07, 6.45) is 4.34. The molecule has 0 heterocycles. The highest BCUT2D eigenvalue weighted by Gasteiger charge is 2.11. The van der Waals surface area contributed by atoms with Crippen LogP contribution in [0, 0.1) is 0 Å². The van der Waals surface area contributed by atoms with Crippen molar-refractivity contribution in [3.05, 3.63) is 48.0 Å². The van der Waals surface area contributed by atoms with Gasteiger partial charge >= 0.3 is 0 Å². The Morgan fingerprint density at radius 2 is 1.66 bits per heavy atom. The molecule has 0 bridgehead atoms. The van der Waals surface area contributed by atoms with Crippen LogP contribution in [0.4, 0.5) is 11.4 Å². The average Bonchev–Trinajstić information content (AvgIpc) is 2.74. The number of rotatable bonds is 11. The number of hydrogen-bond acceptors (Lipinski definition) is 4. The molecule has 0 aromatic heterocycles. The van der Waals surface area contributed by atoms with Gasteiger partial charge in [0.15, 0.2) is 0 Å². The van der Waals surface area contributed by atoms with Crippen molar-refractivity contribution < 1.29 is 19.1 Å². The molecule has 2 aromatic carbocycles. The molecule has 0 atom stereocenters. The van der Waals surface area contributed by atoms with Gasteiger partial charge in [0, 0.05) is 23.7 Å². The summed E-state index contributed by atoms with van der Waals surface area (Å²) in [7, 11) is 1.53. The number of methoxy groups -OCH3 is 1. The second kappa shape index (κ2) is 11.7. The molecule has 0 aliphatic carbocycles. The van der Waals surface area contributed by atoms with E-state index >= 15 is 0 Å². The van der Waals surface area contributed by atoms with Crippen LogP contribution in [0.25, 0.3) is 0 Å². The summed E-state index contributed by atoms with van der Waals surface area (Å²) in [6, 6.07) is 12.2. The van der Waals surface area contributed by atoms with Crippen molar-refractivity contribution in [3.8, 4) is 11.5 Å². The number of anilines is 2. The molecule has 0 radical (unpaired) electrons. The molecule has 6 nitrogen and oxygen atoms in total. The number of nitrogens with one attached hydrogen (secondary N) is 2. The molecular formula is C23H30N2O4. The summed E-state index contributed by atoms with van der Waals surface area (Å²) in [6.45, 7) is 4.82. The minimum absolute atomic E-state index is 0.0526. The lowest BCUT2D eigenvalue weighted by atomic mass is 10.2. The van der Waals surface area contributed by atoms with E-state index in [0.29, 0.717) is 35.7 Å². The number of carbonyl (C=O) groups is 2. The Morgan fingerprint density at radius 1 is 0.931 bits per heavy atom. The summed E-state index contributed by atoms with van der Waals surface area (Å²) in [5, 5.41) is 5.69. The van der Waals surface area contributed by atoms with Gasteiger partial charge in [-0.15, -0.1) is 0 Å². The number of hydrogen-bond donors (Lipinski definition) is 2. The zero-order valence-electron chi connectivity index (χ0n) is 17.4. The lowest BCUT2D eigenvalue weighted by molar-refractivity contribution is -0.116. The fraction of sp³-hybridized carbons (Fsp3) is 0.391. The fourth-order valence-electron chi connectivity index (χ4n) is 2.66. The molecule has 0 spiro atoms. The number of unbranched alkanes of at least 4 members (excludes halogenated alkanes) is 2. The van der Waals surface area contributed by atoms with Crippen LogP contribution in [-0.2, 0) is 4.79 Å². The largest absolute Gasteiger partial charge is 0.494 e. The van der Waals surface area contributed by atoms with E-state index in [-0.39, 0.29) is 11.8 Å². The number of benzene rings is 2. The molecule has 2 N–H and O–H groups in total. The Balaban J connectivity index is 2.00. The van der Waals surface area contributed by atoms with Gasteiger partial charge in [-0.2, -0.15) is 0 Å². The van der Waals surface area contributed by atoms with E-state index in [9.17, 15) is 9.59 Å². The van der Waals surface area contributed by atoms with Crippen LogP contribution in [0.5, 0.6) is 11.5 Å². The lowest BCUT2D eigenvalue weighted by Crippen LogP contribution is -2.14. The number of carbonyl (C=O) groups excluding carboxylic acids is 2. The van der Waals surface area contributed by atoms with Crippen molar-refractivity contribution >= 4 is 23.2 Å². The zero-order valence-corrected chi connectivity index (χ0v) is 17.4. The highest BCUT2D eigenvalue weighted by molar-refractivity contribution is 6.04. The van der Waals surface area contributed by atoms with Crippen molar-refractivity contribution in [2.75, 3.05) is 24.4 Å². The first-order chi connectivity index (χ1) is 14.1. The van der Waals surface area contributed by atoms with E-state index in [1.165, 1.54) is 7.11 Å². The van der Waals surface area contributed by atoms with E-state index in [1.54, 1.807) is 42.5 Å². The third kappa shape index (κ3) is 7.14. The van der Waals surface area contributed by atoms with E-state index < -0.39 is 0 Å². The Morgan fingerprint density at radius 3 is 2.31 bits per heavy atom. The number of amides is 2. The smallest absolute Gasteiger partial charge is 0.255 e. The first-order valence-corrected chi connectivity index (χ1v) is 10.1. The summed E-state index contributed by atoms with van der Waals surface area (Å²) >= 11 is 0. The van der Waals surface area contributed by atoms with Gasteiger partial charge in [0.25, 0.3) is 5.91 Å². The number of ether oxygens (including phenoxy) is 2. The zero-order chi connectivity index (χ0) is 21.1. The van der Waals surface area contributed by atoms with Gasteiger partial charge in [-0.1, -0.05) is 26.7 Å². The van der Waals surface area contributed by atoms with Gasteiger partial charge in [-0.25, -0.2) is 0 Å². The molecule has 29 heavy (non-hydrogen) atoms.